The van der Waals surface area contributed by atoms with Crippen LogP contribution in [0, 0.1) is 23.7 Å². The average molecular weight is 853 g/mol. The van der Waals surface area contributed by atoms with E-state index in [0.29, 0.717) is 64.6 Å². The molecule has 1 N–H and O–H groups in total. The van der Waals surface area contributed by atoms with E-state index in [-0.39, 0.29) is 28.8 Å². The van der Waals surface area contributed by atoms with Crippen molar-refractivity contribution in [2.24, 2.45) is 5.41 Å². The number of esters is 2. The number of halogens is 2. The Morgan fingerprint density at radius 3 is 2.16 bits per heavy atom. The van der Waals surface area contributed by atoms with Crippen LogP contribution < -0.4 is 10.1 Å². The van der Waals surface area contributed by atoms with Crippen LogP contribution in [0.1, 0.15) is 149 Å². The largest absolute Gasteiger partial charge is 0.441 e. The van der Waals surface area contributed by atoms with Gasteiger partial charge in [0, 0.05) is 51.3 Å². The number of ether oxygens (including phenoxy) is 2. The molecular weight excluding hydrogens is 796 g/mol. The van der Waals surface area contributed by atoms with E-state index in [4.69, 9.17) is 47.0 Å². The van der Waals surface area contributed by atoms with Crippen molar-refractivity contribution in [3.05, 3.63) is 97.0 Å². The highest BCUT2D eigenvalue weighted by molar-refractivity contribution is 7.44. The molecule has 3 aromatic carbocycles. The normalized spacial score (nSPS) is 17.2. The molecular formula is C45H56Cl2N3O7P. The van der Waals surface area contributed by atoms with Gasteiger partial charge >= 0.3 is 11.9 Å². The fourth-order valence-electron chi connectivity index (χ4n) is 7.79. The topological polar surface area (TPSA) is 127 Å². The van der Waals surface area contributed by atoms with Crippen molar-refractivity contribution in [3.8, 4) is 11.8 Å². The summed E-state index contributed by atoms with van der Waals surface area (Å²) < 4.78 is 26.7. The highest BCUT2D eigenvalue weighted by Crippen LogP contribution is 2.60. The first-order valence-corrected chi connectivity index (χ1v) is 21.9. The number of aryl methyl sites for hydroxylation is 1. The molecule has 1 aliphatic heterocycles. The Morgan fingerprint density at radius 2 is 1.52 bits per heavy atom. The summed E-state index contributed by atoms with van der Waals surface area (Å²) in [5.74, 6) is -1.07. The molecule has 0 bridgehead atoms. The van der Waals surface area contributed by atoms with Gasteiger partial charge < -0.3 is 23.8 Å². The van der Waals surface area contributed by atoms with E-state index >= 15 is 0 Å². The van der Waals surface area contributed by atoms with Crippen LogP contribution in [0.5, 0.6) is 5.75 Å². The maximum atomic E-state index is 13.8. The highest BCUT2D eigenvalue weighted by Gasteiger charge is 2.57. The molecule has 0 fully saturated rings. The molecule has 0 radical (unpaired) electrons. The van der Waals surface area contributed by atoms with E-state index in [1.165, 1.54) is 0 Å². The number of nitrogens with one attached hydrogen (secondary N) is 1. The summed E-state index contributed by atoms with van der Waals surface area (Å²) in [6.45, 7) is 21.0. The summed E-state index contributed by atoms with van der Waals surface area (Å²) in [5.41, 5.74) is 1.57. The van der Waals surface area contributed by atoms with Gasteiger partial charge in [-0.3, -0.25) is 9.59 Å². The molecule has 1 spiro atoms. The van der Waals surface area contributed by atoms with Crippen molar-refractivity contribution in [3.63, 3.8) is 0 Å². The number of hydrogen-bond acceptors (Lipinski definition) is 9. The zero-order valence-electron chi connectivity index (χ0n) is 35.3. The summed E-state index contributed by atoms with van der Waals surface area (Å²) in [6.07, 6.45) is 3.74. The van der Waals surface area contributed by atoms with Crippen LogP contribution in [0.15, 0.2) is 42.5 Å². The van der Waals surface area contributed by atoms with Crippen molar-refractivity contribution >= 4 is 49.6 Å². The molecule has 2 unspecified atom stereocenters. The number of carbonyl (C=O) groups excluding carboxylic acids is 3. The Bertz CT molecular complexity index is 2080. The van der Waals surface area contributed by atoms with Gasteiger partial charge in [0.1, 0.15) is 5.75 Å². The molecule has 3 aromatic rings. The predicted octanol–water partition coefficient (Wildman–Crippen LogP) is 10.9. The molecule has 58 heavy (non-hydrogen) atoms. The Labute approximate surface area is 354 Å². The minimum Gasteiger partial charge on any atom is -0.441 e. The first-order chi connectivity index (χ1) is 27.3. The van der Waals surface area contributed by atoms with Crippen molar-refractivity contribution in [2.75, 3.05) is 19.8 Å². The third-order valence-electron chi connectivity index (χ3n) is 10.6. The van der Waals surface area contributed by atoms with Crippen LogP contribution in [-0.4, -0.2) is 54.4 Å². The third kappa shape index (κ3) is 8.96. The van der Waals surface area contributed by atoms with E-state index in [2.05, 4.69) is 43.8 Å². The Balaban J connectivity index is 1.35. The number of amides is 1. The van der Waals surface area contributed by atoms with E-state index in [1.807, 2.05) is 32.9 Å². The molecule has 5 rings (SSSR count). The SMILES string of the molecule is Cc1ccc2c(c1Cl)C(C)(C)c1c(ccc(OC(=O)C(C)(C)C)c1Cl)C21OC(=O)c2ccc(C(=O)NCCCCCCOP(OCCC#N)N(C(C)C)C(C)C)cc21. The number of nitriles is 1. The lowest BCUT2D eigenvalue weighted by Crippen LogP contribution is -2.42. The smallest absolute Gasteiger partial charge is 0.340 e. The van der Waals surface area contributed by atoms with Gasteiger partial charge in [0.15, 0.2) is 5.60 Å². The molecule has 0 saturated carbocycles. The Kier molecular flexibility index (Phi) is 14.4. The standard InChI is InChI=1S/C45H56Cl2N3O7P/c1-27(2)50(28(3)4)58(55-25-15-22-48)54-24-14-12-11-13-23-49-40(51)30-17-18-31-34(26-30)45(57-41(31)52)32-19-16-29(5)38(46)36(32)44(9,10)37-33(45)20-21-35(39(37)47)56-42(53)43(6,7)8/h16-21,26-28H,11-15,23-25H2,1-10H3,(H,49,51). The second-order valence-electron chi connectivity index (χ2n) is 17.1. The van der Waals surface area contributed by atoms with Crippen LogP contribution in [0.2, 0.25) is 10.0 Å². The summed E-state index contributed by atoms with van der Waals surface area (Å²) in [7, 11) is -1.27. The van der Waals surface area contributed by atoms with E-state index in [9.17, 15) is 14.4 Å². The quantitative estimate of drug-likeness (QED) is 0.0648. The number of fused-ring (bicyclic) bond motifs is 6. The highest BCUT2D eigenvalue weighted by atomic mass is 35.5. The van der Waals surface area contributed by atoms with Crippen molar-refractivity contribution in [1.29, 1.82) is 5.26 Å². The lowest BCUT2D eigenvalue weighted by Gasteiger charge is -2.45. The molecule has 0 aromatic heterocycles. The lowest BCUT2D eigenvalue weighted by atomic mass is 9.61. The summed E-state index contributed by atoms with van der Waals surface area (Å²) in [4.78, 5) is 40.5. The van der Waals surface area contributed by atoms with Gasteiger partial charge in [0.25, 0.3) is 14.4 Å². The molecule has 0 saturated heterocycles. The van der Waals surface area contributed by atoms with Gasteiger partial charge in [-0.25, -0.2) is 9.46 Å². The molecule has 1 amide bonds. The number of nitrogens with zero attached hydrogens (tertiary/aromatic N) is 2. The van der Waals surface area contributed by atoms with Gasteiger partial charge in [-0.15, -0.1) is 0 Å². The first-order valence-electron chi connectivity index (χ1n) is 20.0. The van der Waals surface area contributed by atoms with Crippen LogP contribution in [0.4, 0.5) is 0 Å². The molecule has 312 valence electrons. The van der Waals surface area contributed by atoms with Gasteiger partial charge in [0.2, 0.25) is 0 Å². The second kappa shape index (κ2) is 18.4. The number of unbranched alkanes of at least 4 members (excludes halogenated alkanes) is 3. The fourth-order valence-corrected chi connectivity index (χ4v) is 10.3. The minimum atomic E-state index is -1.49. The van der Waals surface area contributed by atoms with E-state index in [0.717, 1.165) is 36.8 Å². The summed E-state index contributed by atoms with van der Waals surface area (Å²) in [6, 6.07) is 14.9. The maximum absolute atomic E-state index is 13.8. The molecule has 1 aliphatic carbocycles. The Morgan fingerprint density at radius 1 is 0.897 bits per heavy atom. The van der Waals surface area contributed by atoms with Gasteiger partial charge in [-0.1, -0.05) is 68.1 Å². The zero-order valence-corrected chi connectivity index (χ0v) is 37.7. The fraction of sp³-hybridized carbons (Fsp3) is 0.511. The predicted molar refractivity (Wildman–Crippen MR) is 229 cm³/mol. The van der Waals surface area contributed by atoms with Crippen molar-refractivity contribution < 1.29 is 32.9 Å². The third-order valence-corrected chi connectivity index (χ3v) is 13.6. The van der Waals surface area contributed by atoms with Crippen LogP contribution >= 0.6 is 31.7 Å². The summed E-state index contributed by atoms with van der Waals surface area (Å²) in [5, 5.41) is 12.7. The zero-order chi connectivity index (χ0) is 42.7. The number of benzene rings is 3. The number of carbonyl (C=O) groups is 3. The molecule has 13 heteroatoms. The maximum Gasteiger partial charge on any atom is 0.340 e. The molecule has 2 aliphatic rings. The number of rotatable bonds is 16. The van der Waals surface area contributed by atoms with Gasteiger partial charge in [-0.2, -0.15) is 5.26 Å². The Hall–Kier alpha value is -3.55. The van der Waals surface area contributed by atoms with E-state index in [1.54, 1.807) is 51.1 Å². The average Bonchev–Trinajstić information content (AvgIpc) is 3.44. The van der Waals surface area contributed by atoms with Crippen molar-refractivity contribution in [1.82, 2.24) is 9.99 Å². The molecule has 2 atom stereocenters. The van der Waals surface area contributed by atoms with Crippen molar-refractivity contribution in [2.45, 2.75) is 124 Å². The second-order valence-corrected chi connectivity index (χ2v) is 19.3. The van der Waals surface area contributed by atoms with Gasteiger partial charge in [0.05, 0.1) is 41.7 Å². The van der Waals surface area contributed by atoms with E-state index < -0.39 is 36.9 Å². The van der Waals surface area contributed by atoms with Gasteiger partial charge in [-0.05, 0) is 109 Å². The first kappa shape index (κ1) is 45.5. The monoisotopic (exact) mass is 851 g/mol. The minimum absolute atomic E-state index is 0.191. The summed E-state index contributed by atoms with van der Waals surface area (Å²) >= 11 is 14.3. The molecule has 10 nitrogen and oxygen atoms in total. The van der Waals surface area contributed by atoms with Crippen LogP contribution in [-0.2, 0) is 29.6 Å². The van der Waals surface area contributed by atoms with Crippen LogP contribution in [0.25, 0.3) is 0 Å². The number of hydrogen-bond donors (Lipinski definition) is 1. The molecule has 1 heterocycles. The lowest BCUT2D eigenvalue weighted by molar-refractivity contribution is -0.143. The van der Waals surface area contributed by atoms with Crippen LogP contribution in [0.3, 0.4) is 0 Å².